The Kier molecular flexibility index (Phi) is 6.09. The van der Waals surface area contributed by atoms with Crippen LogP contribution in [-0.2, 0) is 11.3 Å². The number of nitrogens with one attached hydrogen (secondary N) is 2. The maximum Gasteiger partial charge on any atom is 0.354 e. The number of carbonyl (C=O) groups is 1. The Morgan fingerprint density at radius 1 is 1.26 bits per heavy atom. The number of aromatic nitrogens is 1. The maximum atomic E-state index is 11.3. The molecule has 0 amide bonds. The lowest BCUT2D eigenvalue weighted by Gasteiger charge is -2.25. The number of H-pyrrole nitrogens is 1. The van der Waals surface area contributed by atoms with E-state index in [2.05, 4.69) is 42.7 Å². The maximum absolute atomic E-state index is 11.3. The van der Waals surface area contributed by atoms with Gasteiger partial charge >= 0.3 is 5.97 Å². The van der Waals surface area contributed by atoms with Gasteiger partial charge in [-0.05, 0) is 36.4 Å². The van der Waals surface area contributed by atoms with Gasteiger partial charge in [0.2, 0.25) is 0 Å². The molecule has 0 saturated heterocycles. The molecule has 1 aromatic rings. The highest BCUT2D eigenvalue weighted by atomic mass is 16.5. The molecule has 0 saturated carbocycles. The van der Waals surface area contributed by atoms with Gasteiger partial charge in [-0.1, -0.05) is 27.7 Å². The molecular weight excluding hydrogens is 240 g/mol. The normalized spacial score (nSPS) is 11.6. The first-order valence-electron chi connectivity index (χ1n) is 6.92. The molecular formula is C15H26N2O2. The molecule has 0 aliphatic rings. The van der Waals surface area contributed by atoms with Crippen molar-refractivity contribution in [3.63, 3.8) is 0 Å². The predicted octanol–water partition coefficient (Wildman–Crippen LogP) is 2.82. The average molecular weight is 266 g/mol. The van der Waals surface area contributed by atoms with Crippen molar-refractivity contribution in [2.45, 2.75) is 34.2 Å². The van der Waals surface area contributed by atoms with Crippen molar-refractivity contribution in [3.8, 4) is 0 Å². The lowest BCUT2D eigenvalue weighted by atomic mass is 9.85. The Morgan fingerprint density at radius 2 is 1.89 bits per heavy atom. The summed E-state index contributed by atoms with van der Waals surface area (Å²) in [5.41, 5.74) is 1.51. The van der Waals surface area contributed by atoms with Crippen molar-refractivity contribution in [3.05, 3.63) is 23.5 Å². The molecule has 108 valence electrons. The smallest absolute Gasteiger partial charge is 0.354 e. The summed E-state index contributed by atoms with van der Waals surface area (Å²) in [6.07, 6.45) is 0. The van der Waals surface area contributed by atoms with E-state index in [-0.39, 0.29) is 5.97 Å². The summed E-state index contributed by atoms with van der Waals surface area (Å²) in [5, 5.41) is 3.45. The largest absolute Gasteiger partial charge is 0.464 e. The molecule has 0 fully saturated rings. The Hall–Kier alpha value is -1.29. The minimum Gasteiger partial charge on any atom is -0.464 e. The fraction of sp³-hybridized carbons (Fsp3) is 0.667. The van der Waals surface area contributed by atoms with E-state index in [1.807, 2.05) is 6.07 Å². The third kappa shape index (κ3) is 4.71. The number of hydrogen-bond acceptors (Lipinski definition) is 3. The highest BCUT2D eigenvalue weighted by molar-refractivity contribution is 5.87. The van der Waals surface area contributed by atoms with Crippen molar-refractivity contribution in [2.75, 3.05) is 13.7 Å². The van der Waals surface area contributed by atoms with Gasteiger partial charge in [-0.2, -0.15) is 0 Å². The van der Waals surface area contributed by atoms with Crippen LogP contribution in [0, 0.1) is 17.8 Å². The van der Waals surface area contributed by atoms with E-state index >= 15 is 0 Å². The van der Waals surface area contributed by atoms with Crippen LogP contribution in [0.25, 0.3) is 0 Å². The van der Waals surface area contributed by atoms with Crippen LogP contribution in [0.4, 0.5) is 0 Å². The molecule has 0 atom stereocenters. The molecule has 0 spiro atoms. The van der Waals surface area contributed by atoms with E-state index in [9.17, 15) is 4.79 Å². The average Bonchev–Trinajstić information content (AvgIpc) is 2.81. The molecule has 0 bridgehead atoms. The highest BCUT2D eigenvalue weighted by Gasteiger charge is 2.16. The Labute approximate surface area is 115 Å². The van der Waals surface area contributed by atoms with Crippen molar-refractivity contribution in [1.82, 2.24) is 10.3 Å². The van der Waals surface area contributed by atoms with Gasteiger partial charge in [0.05, 0.1) is 7.11 Å². The SMILES string of the molecule is COC(=O)c1ccc(CNCC(C(C)C)C(C)C)[nH]1. The number of hydrogen-bond donors (Lipinski definition) is 2. The van der Waals surface area contributed by atoms with E-state index in [4.69, 9.17) is 0 Å². The molecule has 4 nitrogen and oxygen atoms in total. The van der Waals surface area contributed by atoms with E-state index in [0.29, 0.717) is 23.4 Å². The number of carbonyl (C=O) groups excluding carboxylic acids is 1. The molecule has 1 rings (SSSR count). The topological polar surface area (TPSA) is 54.1 Å². The Bertz CT molecular complexity index is 389. The predicted molar refractivity (Wildman–Crippen MR) is 77.0 cm³/mol. The Balaban J connectivity index is 2.44. The van der Waals surface area contributed by atoms with Gasteiger partial charge in [0.1, 0.15) is 5.69 Å². The summed E-state index contributed by atoms with van der Waals surface area (Å²) in [4.78, 5) is 14.4. The highest BCUT2D eigenvalue weighted by Crippen LogP contribution is 2.19. The fourth-order valence-corrected chi connectivity index (χ4v) is 2.39. The van der Waals surface area contributed by atoms with Gasteiger partial charge in [-0.25, -0.2) is 4.79 Å². The zero-order valence-electron chi connectivity index (χ0n) is 12.6. The van der Waals surface area contributed by atoms with Crippen LogP contribution in [0.1, 0.15) is 43.9 Å². The van der Waals surface area contributed by atoms with Gasteiger partial charge in [0.25, 0.3) is 0 Å². The summed E-state index contributed by atoms with van der Waals surface area (Å²) >= 11 is 0. The molecule has 0 unspecified atom stereocenters. The van der Waals surface area contributed by atoms with Crippen molar-refractivity contribution >= 4 is 5.97 Å². The van der Waals surface area contributed by atoms with Crippen molar-refractivity contribution in [2.24, 2.45) is 17.8 Å². The van der Waals surface area contributed by atoms with Crippen LogP contribution in [-0.4, -0.2) is 24.6 Å². The number of methoxy groups -OCH3 is 1. The van der Waals surface area contributed by atoms with Crippen LogP contribution in [0.2, 0.25) is 0 Å². The molecule has 0 aliphatic carbocycles. The number of esters is 1. The molecule has 0 radical (unpaired) electrons. The Morgan fingerprint density at radius 3 is 2.42 bits per heavy atom. The molecule has 4 heteroatoms. The van der Waals surface area contributed by atoms with E-state index < -0.39 is 0 Å². The first kappa shape index (κ1) is 15.8. The van der Waals surface area contributed by atoms with Gasteiger partial charge < -0.3 is 15.0 Å². The molecule has 1 aromatic heterocycles. The second kappa shape index (κ2) is 7.34. The minimum atomic E-state index is -0.325. The van der Waals surface area contributed by atoms with Crippen LogP contribution < -0.4 is 5.32 Å². The van der Waals surface area contributed by atoms with Crippen molar-refractivity contribution in [1.29, 1.82) is 0 Å². The fourth-order valence-electron chi connectivity index (χ4n) is 2.39. The summed E-state index contributed by atoms with van der Waals surface area (Å²) in [6, 6.07) is 3.67. The molecule has 2 N–H and O–H groups in total. The van der Waals surface area contributed by atoms with E-state index in [1.165, 1.54) is 7.11 Å². The quantitative estimate of drug-likeness (QED) is 0.746. The lowest BCUT2D eigenvalue weighted by molar-refractivity contribution is 0.0594. The summed E-state index contributed by atoms with van der Waals surface area (Å²) in [5.74, 6) is 1.67. The molecule has 0 aliphatic heterocycles. The summed E-state index contributed by atoms with van der Waals surface area (Å²) < 4.78 is 4.66. The monoisotopic (exact) mass is 266 g/mol. The van der Waals surface area contributed by atoms with Crippen LogP contribution in [0.5, 0.6) is 0 Å². The lowest BCUT2D eigenvalue weighted by Crippen LogP contribution is -2.29. The molecule has 0 aromatic carbocycles. The van der Waals surface area contributed by atoms with Crippen LogP contribution >= 0.6 is 0 Å². The van der Waals surface area contributed by atoms with Crippen LogP contribution in [0.15, 0.2) is 12.1 Å². The van der Waals surface area contributed by atoms with E-state index in [1.54, 1.807) is 6.07 Å². The second-order valence-corrected chi connectivity index (χ2v) is 5.67. The van der Waals surface area contributed by atoms with Crippen molar-refractivity contribution < 1.29 is 9.53 Å². The van der Waals surface area contributed by atoms with Gasteiger partial charge in [0, 0.05) is 12.2 Å². The molecule has 19 heavy (non-hydrogen) atoms. The van der Waals surface area contributed by atoms with Gasteiger partial charge in [-0.15, -0.1) is 0 Å². The van der Waals surface area contributed by atoms with Gasteiger partial charge in [-0.3, -0.25) is 0 Å². The second-order valence-electron chi connectivity index (χ2n) is 5.67. The third-order valence-corrected chi connectivity index (χ3v) is 3.56. The summed E-state index contributed by atoms with van der Waals surface area (Å²) in [6.45, 7) is 10.8. The first-order chi connectivity index (χ1) is 8.95. The zero-order valence-corrected chi connectivity index (χ0v) is 12.6. The minimum absolute atomic E-state index is 0.325. The zero-order chi connectivity index (χ0) is 14.4. The number of aromatic amines is 1. The standard InChI is InChI=1S/C15H26N2O2/c1-10(2)13(11(3)4)9-16-8-12-6-7-14(17-12)15(18)19-5/h6-7,10-11,13,16-17H,8-9H2,1-5H3. The van der Waals surface area contributed by atoms with Crippen LogP contribution in [0.3, 0.4) is 0 Å². The summed E-state index contributed by atoms with van der Waals surface area (Å²) in [7, 11) is 1.39. The van der Waals surface area contributed by atoms with Gasteiger partial charge in [0.15, 0.2) is 0 Å². The molecule has 1 heterocycles. The number of rotatable bonds is 7. The van der Waals surface area contributed by atoms with E-state index in [0.717, 1.165) is 18.8 Å². The third-order valence-electron chi connectivity index (χ3n) is 3.56. The first-order valence-corrected chi connectivity index (χ1v) is 6.92. The number of ether oxygens (including phenoxy) is 1.